The summed E-state index contributed by atoms with van der Waals surface area (Å²) in [7, 11) is 0. The third-order valence-corrected chi connectivity index (χ3v) is 2.12. The molecule has 92 valence electrons. The summed E-state index contributed by atoms with van der Waals surface area (Å²) in [5.41, 5.74) is 5.03. The summed E-state index contributed by atoms with van der Waals surface area (Å²) in [6.07, 6.45) is -3.43. The van der Waals surface area contributed by atoms with Crippen molar-refractivity contribution in [1.82, 2.24) is 0 Å². The van der Waals surface area contributed by atoms with Crippen LogP contribution in [0.1, 0.15) is 23.6 Å². The molecule has 16 heavy (non-hydrogen) atoms. The first-order valence-electron chi connectivity index (χ1n) is 4.41. The molecule has 0 fully saturated rings. The van der Waals surface area contributed by atoms with Gasteiger partial charge in [0.1, 0.15) is 11.6 Å². The molecule has 0 unspecified atom stereocenters. The average molecular weight is 258 g/mol. The first-order chi connectivity index (χ1) is 6.93. The van der Waals surface area contributed by atoms with Gasteiger partial charge in [-0.05, 0) is 18.6 Å². The van der Waals surface area contributed by atoms with Crippen molar-refractivity contribution in [3.05, 3.63) is 34.9 Å². The lowest BCUT2D eigenvalue weighted by molar-refractivity contribution is 0.127. The molecule has 0 aromatic heterocycles. The monoisotopic (exact) mass is 257 g/mol. The van der Waals surface area contributed by atoms with Crippen LogP contribution >= 0.6 is 12.4 Å². The normalized spacial score (nSPS) is 12.4. The van der Waals surface area contributed by atoms with Crippen LogP contribution in [0.25, 0.3) is 0 Å². The molecule has 0 aliphatic carbocycles. The Balaban J connectivity index is 0.00000225. The summed E-state index contributed by atoms with van der Waals surface area (Å²) in [4.78, 5) is 0. The number of rotatable bonds is 3. The summed E-state index contributed by atoms with van der Waals surface area (Å²) in [6, 6.07) is 0.951. The Bertz CT molecular complexity index is 357. The zero-order chi connectivity index (χ0) is 11.6. The molecule has 0 aliphatic rings. The van der Waals surface area contributed by atoms with Gasteiger partial charge in [-0.3, -0.25) is 0 Å². The summed E-state index contributed by atoms with van der Waals surface area (Å²) < 4.78 is 50.6. The van der Waals surface area contributed by atoms with E-state index in [1.165, 1.54) is 13.0 Å². The van der Waals surface area contributed by atoms with Gasteiger partial charge >= 0.3 is 0 Å². The topological polar surface area (TPSA) is 26.0 Å². The Morgan fingerprint density at radius 2 is 1.81 bits per heavy atom. The van der Waals surface area contributed by atoms with Crippen molar-refractivity contribution < 1.29 is 17.6 Å². The van der Waals surface area contributed by atoms with Crippen LogP contribution in [0.5, 0.6) is 0 Å². The maximum Gasteiger partial charge on any atom is 0.240 e. The lowest BCUT2D eigenvalue weighted by Gasteiger charge is -2.14. The highest BCUT2D eigenvalue weighted by Crippen LogP contribution is 2.25. The van der Waals surface area contributed by atoms with Crippen molar-refractivity contribution in [2.75, 3.05) is 0 Å². The lowest BCUT2D eigenvalue weighted by atomic mass is 10.0. The number of hydrogen-bond donors (Lipinski definition) is 1. The van der Waals surface area contributed by atoms with Crippen molar-refractivity contribution in [2.24, 2.45) is 5.73 Å². The average Bonchev–Trinajstić information content (AvgIpc) is 2.11. The van der Waals surface area contributed by atoms with Gasteiger partial charge in [0.25, 0.3) is 0 Å². The maximum atomic E-state index is 13.4. The number of benzene rings is 1. The number of aryl methyl sites for hydroxylation is 1. The minimum absolute atomic E-state index is 0. The van der Waals surface area contributed by atoms with E-state index in [1.54, 1.807) is 0 Å². The summed E-state index contributed by atoms with van der Waals surface area (Å²) >= 11 is 0. The van der Waals surface area contributed by atoms with Crippen LogP contribution in [0.4, 0.5) is 17.6 Å². The van der Waals surface area contributed by atoms with Gasteiger partial charge in [-0.2, -0.15) is 0 Å². The minimum atomic E-state index is -2.68. The summed E-state index contributed by atoms with van der Waals surface area (Å²) in [5.74, 6) is -1.73. The molecule has 6 heteroatoms. The molecular weight excluding hydrogens is 246 g/mol. The van der Waals surface area contributed by atoms with E-state index in [9.17, 15) is 17.6 Å². The highest BCUT2D eigenvalue weighted by atomic mass is 35.5. The molecule has 0 amide bonds. The fourth-order valence-corrected chi connectivity index (χ4v) is 1.33. The number of halogens is 5. The third-order valence-electron chi connectivity index (χ3n) is 2.12. The second-order valence-corrected chi connectivity index (χ2v) is 3.33. The Labute approximate surface area is 97.0 Å². The molecule has 1 aromatic carbocycles. The van der Waals surface area contributed by atoms with Crippen molar-refractivity contribution in [2.45, 2.75) is 25.8 Å². The quantitative estimate of drug-likeness (QED) is 0.826. The van der Waals surface area contributed by atoms with E-state index in [2.05, 4.69) is 0 Å². The van der Waals surface area contributed by atoms with Crippen LogP contribution in [0, 0.1) is 18.6 Å². The van der Waals surface area contributed by atoms with Gasteiger partial charge in [-0.15, -0.1) is 12.4 Å². The fraction of sp³-hybridized carbons (Fsp3) is 0.400. The zero-order valence-electron chi connectivity index (χ0n) is 8.51. The Morgan fingerprint density at radius 1 is 1.25 bits per heavy atom. The van der Waals surface area contributed by atoms with Gasteiger partial charge in [0, 0.05) is 18.0 Å². The maximum absolute atomic E-state index is 13.4. The molecule has 0 saturated heterocycles. The third kappa shape index (κ3) is 3.35. The van der Waals surface area contributed by atoms with Crippen molar-refractivity contribution >= 4 is 12.4 Å². The molecule has 0 saturated carbocycles. The molecule has 1 atom stereocenters. The van der Waals surface area contributed by atoms with Crippen LogP contribution in [0.15, 0.2) is 12.1 Å². The van der Waals surface area contributed by atoms with Gasteiger partial charge in [-0.1, -0.05) is 6.07 Å². The Hall–Kier alpha value is -0.810. The second kappa shape index (κ2) is 6.06. The van der Waals surface area contributed by atoms with Crippen molar-refractivity contribution in [3.8, 4) is 0 Å². The molecule has 1 rings (SSSR count). The van der Waals surface area contributed by atoms with Crippen molar-refractivity contribution in [3.63, 3.8) is 0 Å². The van der Waals surface area contributed by atoms with Gasteiger partial charge in [0.05, 0.1) is 0 Å². The Kier molecular flexibility index (Phi) is 5.75. The molecule has 0 bridgehead atoms. The number of nitrogens with two attached hydrogens (primary N) is 1. The molecule has 1 aromatic rings. The first-order valence-corrected chi connectivity index (χ1v) is 4.41. The fourth-order valence-electron chi connectivity index (χ4n) is 1.33. The van der Waals surface area contributed by atoms with E-state index in [-0.39, 0.29) is 18.0 Å². The van der Waals surface area contributed by atoms with Crippen molar-refractivity contribution in [1.29, 1.82) is 0 Å². The van der Waals surface area contributed by atoms with Crippen LogP contribution in [-0.2, 0) is 0 Å². The van der Waals surface area contributed by atoms with Gasteiger partial charge in [0.2, 0.25) is 6.43 Å². The summed E-state index contributed by atoms with van der Waals surface area (Å²) in [6.45, 7) is 1.42. The first kappa shape index (κ1) is 15.2. The molecular formula is C10H12ClF4N. The molecule has 0 radical (unpaired) electrons. The Morgan fingerprint density at radius 3 is 2.31 bits per heavy atom. The molecule has 1 nitrogen and oxygen atoms in total. The smallest absolute Gasteiger partial charge is 0.240 e. The van der Waals surface area contributed by atoms with Crippen LogP contribution in [-0.4, -0.2) is 6.43 Å². The van der Waals surface area contributed by atoms with E-state index >= 15 is 0 Å². The van der Waals surface area contributed by atoms with Crippen LogP contribution < -0.4 is 5.73 Å². The highest BCUT2D eigenvalue weighted by molar-refractivity contribution is 5.85. The standard InChI is InChI=1S/C10H11F4N.ClH/c1-5-2-3-6(11)9(10(5)14)7(15)4-8(12)13;/h2-3,7-8H,4,15H2,1H3;1H/t7-;/m1./s1. The van der Waals surface area contributed by atoms with Gasteiger partial charge in [0.15, 0.2) is 0 Å². The van der Waals surface area contributed by atoms with E-state index < -0.39 is 36.1 Å². The lowest BCUT2D eigenvalue weighted by Crippen LogP contribution is -2.17. The molecule has 2 N–H and O–H groups in total. The largest absolute Gasteiger partial charge is 0.324 e. The molecule has 0 spiro atoms. The van der Waals surface area contributed by atoms with E-state index in [4.69, 9.17) is 5.73 Å². The van der Waals surface area contributed by atoms with E-state index in [0.29, 0.717) is 0 Å². The summed E-state index contributed by atoms with van der Waals surface area (Å²) in [5, 5.41) is 0. The van der Waals surface area contributed by atoms with Crippen LogP contribution in [0.2, 0.25) is 0 Å². The predicted molar refractivity (Wildman–Crippen MR) is 55.9 cm³/mol. The van der Waals surface area contributed by atoms with Crippen LogP contribution in [0.3, 0.4) is 0 Å². The van der Waals surface area contributed by atoms with E-state index in [0.717, 1.165) is 6.07 Å². The number of hydrogen-bond acceptors (Lipinski definition) is 1. The van der Waals surface area contributed by atoms with Gasteiger partial charge < -0.3 is 5.73 Å². The number of alkyl halides is 2. The molecule has 0 heterocycles. The minimum Gasteiger partial charge on any atom is -0.324 e. The van der Waals surface area contributed by atoms with Gasteiger partial charge in [-0.25, -0.2) is 17.6 Å². The zero-order valence-corrected chi connectivity index (χ0v) is 9.33. The predicted octanol–water partition coefficient (Wildman–Crippen LogP) is 3.35. The molecule has 0 aliphatic heterocycles. The second-order valence-electron chi connectivity index (χ2n) is 3.33. The van der Waals surface area contributed by atoms with E-state index in [1.807, 2.05) is 0 Å². The SMILES string of the molecule is Cc1ccc(F)c([C@H](N)CC(F)F)c1F.Cl. The highest BCUT2D eigenvalue weighted by Gasteiger charge is 2.21.